The zero-order valence-corrected chi connectivity index (χ0v) is 33.7. The van der Waals surface area contributed by atoms with Crippen molar-refractivity contribution in [2.45, 2.75) is 112 Å². The summed E-state index contributed by atoms with van der Waals surface area (Å²) in [6.07, 6.45) is -14.2. The first kappa shape index (κ1) is 45.2. The Morgan fingerprint density at radius 1 is 0.825 bits per heavy atom. The van der Waals surface area contributed by atoms with Gasteiger partial charge in [0, 0.05) is 30.4 Å². The zero-order valence-electron chi connectivity index (χ0n) is 33.7. The Morgan fingerprint density at radius 2 is 1.54 bits per heavy atom. The smallest absolute Gasteiger partial charge is 0.338 e. The van der Waals surface area contributed by atoms with Crippen LogP contribution in [0.2, 0.25) is 0 Å². The van der Waals surface area contributed by atoms with Crippen LogP contribution < -0.4 is 0 Å². The standard InChI is InChI=1S/C42H50O21/c1-18(45)55-15-20-8-9-21-23(16-56-38(27(20)21)61-40-34(52)32(50)30(48)24(13-43)58-40)37(53)60-35-33(51)31(49)25(14-44)59-41(35)62-39-28-22(11-12-54-39)29(47)36-42(28,63-36)17-57-26(46)10-7-19-5-3-2-4-6-19/h2-7,10-12,16,21-22,24-25,28-36,38-41,43-44,47-52H,8-9,13-15,17H2,1H3/b10-7+/t21?,22?,24-,25-,28?,29+,30-,31-,32+,33+,34-,35-,36+,38+,39+,40+,41+,42-/m1/s1. The maximum Gasteiger partial charge on any atom is 0.338 e. The second-order valence-electron chi connectivity index (χ2n) is 16.3. The summed E-state index contributed by atoms with van der Waals surface area (Å²) in [5, 5.41) is 84.5. The average molecular weight is 891 g/mol. The molecule has 2 aliphatic carbocycles. The number of benzene rings is 1. The summed E-state index contributed by atoms with van der Waals surface area (Å²) in [5.74, 6) is -4.69. The molecule has 1 saturated carbocycles. The summed E-state index contributed by atoms with van der Waals surface area (Å²) in [6, 6.07) is 9.06. The van der Waals surface area contributed by atoms with Gasteiger partial charge in [-0.15, -0.1) is 0 Å². The molecule has 0 bridgehead atoms. The van der Waals surface area contributed by atoms with Crippen molar-refractivity contribution in [3.8, 4) is 0 Å². The van der Waals surface area contributed by atoms with Crippen molar-refractivity contribution < 1.29 is 103 Å². The second-order valence-corrected chi connectivity index (χ2v) is 16.3. The van der Waals surface area contributed by atoms with Gasteiger partial charge in [-0.3, -0.25) is 4.79 Å². The number of carbonyl (C=O) groups excluding carboxylic acids is 3. The number of epoxide rings is 1. The van der Waals surface area contributed by atoms with Gasteiger partial charge in [-0.05, 0) is 36.1 Å². The minimum Gasteiger partial charge on any atom is -0.472 e. The molecular formula is C42H50O21. The SMILES string of the molecule is CC(=O)OCC1=C2C(CC1)C(C(=O)O[C@H]1[C@H](O[C@@H]3OC=CC4C3[C@@]3(COC(=O)/C=C/c5ccccc5)O[C@H]3[C@H]4O)O[C@H](CO)[C@@H](O)[C@@H]1O)=CO[C@H]2O[C@@H]1O[C@H](CO)[C@@H](O)[C@H](O)[C@H]1O. The van der Waals surface area contributed by atoms with E-state index in [2.05, 4.69) is 0 Å². The second kappa shape index (κ2) is 18.6. The third-order valence-corrected chi connectivity index (χ3v) is 12.5. The van der Waals surface area contributed by atoms with Crippen molar-refractivity contribution in [1.29, 1.82) is 0 Å². The largest absolute Gasteiger partial charge is 0.472 e. The van der Waals surface area contributed by atoms with Gasteiger partial charge in [0.2, 0.25) is 18.9 Å². The Labute approximate surface area is 359 Å². The Bertz CT molecular complexity index is 1970. The molecule has 21 heteroatoms. The summed E-state index contributed by atoms with van der Waals surface area (Å²) in [4.78, 5) is 38.7. The highest BCUT2D eigenvalue weighted by Gasteiger charge is 2.76. The van der Waals surface area contributed by atoms with Gasteiger partial charge in [-0.2, -0.15) is 0 Å². The van der Waals surface area contributed by atoms with E-state index in [1.165, 1.54) is 19.3 Å². The quantitative estimate of drug-likeness (QED) is 0.0316. The topological polar surface area (TPSA) is 309 Å². The normalized spacial score (nSPS) is 41.4. The maximum absolute atomic E-state index is 14.2. The van der Waals surface area contributed by atoms with Crippen molar-refractivity contribution in [3.05, 3.63) is 77.3 Å². The molecule has 3 saturated heterocycles. The van der Waals surface area contributed by atoms with E-state index in [9.17, 15) is 55.2 Å². The summed E-state index contributed by atoms with van der Waals surface area (Å²) < 4.78 is 57.8. The molecule has 8 N–H and O–H groups in total. The number of esters is 3. The Balaban J connectivity index is 1.01. The van der Waals surface area contributed by atoms with E-state index in [-0.39, 0.29) is 37.2 Å². The summed E-state index contributed by atoms with van der Waals surface area (Å²) >= 11 is 0. The molecule has 5 aliphatic heterocycles. The van der Waals surface area contributed by atoms with Crippen LogP contribution in [0.1, 0.15) is 25.3 Å². The lowest BCUT2D eigenvalue weighted by Gasteiger charge is -2.44. The molecule has 344 valence electrons. The molecule has 8 rings (SSSR count). The average Bonchev–Trinajstić information content (AvgIpc) is 3.77. The van der Waals surface area contributed by atoms with Crippen LogP contribution in [0.3, 0.4) is 0 Å². The Hall–Kier alpha value is -4.33. The van der Waals surface area contributed by atoms with Gasteiger partial charge < -0.3 is 88.2 Å². The lowest BCUT2D eigenvalue weighted by Crippen LogP contribution is -2.62. The fourth-order valence-corrected chi connectivity index (χ4v) is 9.17. The lowest BCUT2D eigenvalue weighted by molar-refractivity contribution is -0.345. The molecule has 4 fully saturated rings. The van der Waals surface area contributed by atoms with E-state index >= 15 is 0 Å². The van der Waals surface area contributed by atoms with Crippen molar-refractivity contribution in [1.82, 2.24) is 0 Å². The first-order valence-corrected chi connectivity index (χ1v) is 20.5. The molecule has 5 heterocycles. The van der Waals surface area contributed by atoms with Gasteiger partial charge in [0.25, 0.3) is 0 Å². The number of hydrogen-bond acceptors (Lipinski definition) is 21. The predicted octanol–water partition coefficient (Wildman–Crippen LogP) is -2.45. The number of aliphatic hydroxyl groups excluding tert-OH is 8. The van der Waals surface area contributed by atoms with Crippen molar-refractivity contribution in [2.24, 2.45) is 17.8 Å². The van der Waals surface area contributed by atoms with Gasteiger partial charge in [0.1, 0.15) is 67.6 Å². The van der Waals surface area contributed by atoms with Crippen molar-refractivity contribution >= 4 is 24.0 Å². The minimum absolute atomic E-state index is 0.117. The third-order valence-electron chi connectivity index (χ3n) is 12.5. The Morgan fingerprint density at radius 3 is 2.25 bits per heavy atom. The highest BCUT2D eigenvalue weighted by atomic mass is 16.8. The molecular weight excluding hydrogens is 840 g/mol. The third kappa shape index (κ3) is 8.78. The van der Waals surface area contributed by atoms with Gasteiger partial charge in [0.05, 0.1) is 43.3 Å². The molecule has 21 nitrogen and oxygen atoms in total. The van der Waals surface area contributed by atoms with Crippen LogP contribution in [0.15, 0.2) is 71.7 Å². The van der Waals surface area contributed by atoms with E-state index in [0.717, 1.165) is 11.8 Å². The lowest BCUT2D eigenvalue weighted by atomic mass is 9.85. The number of ether oxygens (including phenoxy) is 10. The highest BCUT2D eigenvalue weighted by Crippen LogP contribution is 2.60. The van der Waals surface area contributed by atoms with E-state index in [4.69, 9.17) is 47.4 Å². The fourth-order valence-electron chi connectivity index (χ4n) is 9.17. The molecule has 0 amide bonds. The molecule has 0 radical (unpaired) electrons. The first-order chi connectivity index (χ1) is 30.3. The predicted molar refractivity (Wildman–Crippen MR) is 204 cm³/mol. The fraction of sp³-hybridized carbons (Fsp3) is 0.595. The van der Waals surface area contributed by atoms with E-state index < -0.39 is 141 Å². The molecule has 7 aliphatic rings. The number of fused-ring (bicyclic) bond motifs is 4. The molecule has 63 heavy (non-hydrogen) atoms. The van der Waals surface area contributed by atoms with E-state index in [1.54, 1.807) is 24.3 Å². The number of aliphatic hydroxyl groups is 8. The monoisotopic (exact) mass is 890 g/mol. The van der Waals surface area contributed by atoms with Gasteiger partial charge >= 0.3 is 17.9 Å². The van der Waals surface area contributed by atoms with Crippen LogP contribution in [0.5, 0.6) is 0 Å². The van der Waals surface area contributed by atoms with Crippen LogP contribution in [0, 0.1) is 17.8 Å². The summed E-state index contributed by atoms with van der Waals surface area (Å²) in [5.41, 5.74) is 0.133. The van der Waals surface area contributed by atoms with Gasteiger partial charge in [-0.25, -0.2) is 9.59 Å². The molecule has 3 unspecified atom stereocenters. The zero-order chi connectivity index (χ0) is 44.7. The minimum atomic E-state index is -1.91. The molecule has 1 aromatic carbocycles. The van der Waals surface area contributed by atoms with Gasteiger partial charge in [0.15, 0.2) is 12.4 Å². The van der Waals surface area contributed by atoms with E-state index in [1.807, 2.05) is 18.2 Å². The number of rotatable bonds is 14. The summed E-state index contributed by atoms with van der Waals surface area (Å²) in [7, 11) is 0. The van der Waals surface area contributed by atoms with Crippen molar-refractivity contribution in [2.75, 3.05) is 26.4 Å². The van der Waals surface area contributed by atoms with Crippen molar-refractivity contribution in [3.63, 3.8) is 0 Å². The van der Waals surface area contributed by atoms with Crippen LogP contribution in [-0.4, -0.2) is 177 Å². The van der Waals surface area contributed by atoms with Crippen LogP contribution in [0.25, 0.3) is 6.08 Å². The maximum atomic E-state index is 14.2. The molecule has 0 aromatic heterocycles. The first-order valence-electron chi connectivity index (χ1n) is 20.5. The number of hydrogen-bond donors (Lipinski definition) is 8. The van der Waals surface area contributed by atoms with Gasteiger partial charge in [-0.1, -0.05) is 30.3 Å². The highest BCUT2D eigenvalue weighted by molar-refractivity contribution is 5.90. The van der Waals surface area contributed by atoms with Crippen LogP contribution in [0.4, 0.5) is 0 Å². The number of carbonyl (C=O) groups is 3. The summed E-state index contributed by atoms with van der Waals surface area (Å²) in [6.45, 7) is -0.849. The van der Waals surface area contributed by atoms with E-state index in [0.29, 0.717) is 5.57 Å². The molecule has 1 aromatic rings. The van der Waals surface area contributed by atoms with Crippen LogP contribution in [-0.2, 0) is 61.8 Å². The van der Waals surface area contributed by atoms with Crippen LogP contribution >= 0.6 is 0 Å². The Kier molecular flexibility index (Phi) is 13.4. The molecule has 18 atom stereocenters. The molecule has 0 spiro atoms.